The second kappa shape index (κ2) is 8.73. The van der Waals surface area contributed by atoms with E-state index in [0.717, 1.165) is 5.75 Å². The van der Waals surface area contributed by atoms with Crippen molar-refractivity contribution in [1.82, 2.24) is 14.6 Å². The number of rotatable bonds is 6. The van der Waals surface area contributed by atoms with Crippen LogP contribution in [0.15, 0.2) is 72.0 Å². The summed E-state index contributed by atoms with van der Waals surface area (Å²) in [6.45, 7) is 0. The number of nitrogens with zero attached hydrogens (tertiary/aromatic N) is 3. The number of hydrogen-bond acceptors (Lipinski definition) is 5. The molecule has 0 saturated heterocycles. The van der Waals surface area contributed by atoms with Crippen molar-refractivity contribution in [2.24, 2.45) is 0 Å². The summed E-state index contributed by atoms with van der Waals surface area (Å²) < 4.78 is 7.40. The standard InChI is InChI=1S/C20H14Cl2N4O2S/c21-13-10-17(22)19-24-25-20(26(19)11-13)29-12-18(27)23-14-6-8-16(9-7-14)28-15-4-2-1-3-5-15/h1-11H,12H2,(H,23,27). The molecule has 0 radical (unpaired) electrons. The van der Waals surface area contributed by atoms with E-state index in [1.807, 2.05) is 30.3 Å². The number of aromatic nitrogens is 3. The summed E-state index contributed by atoms with van der Waals surface area (Å²) in [6.07, 6.45) is 1.66. The number of para-hydroxylation sites is 1. The minimum atomic E-state index is -0.170. The van der Waals surface area contributed by atoms with Crippen molar-refractivity contribution in [3.63, 3.8) is 0 Å². The van der Waals surface area contributed by atoms with Crippen LogP contribution >= 0.6 is 35.0 Å². The van der Waals surface area contributed by atoms with Crippen LogP contribution in [0.2, 0.25) is 10.0 Å². The molecule has 0 aliphatic carbocycles. The van der Waals surface area contributed by atoms with Gasteiger partial charge in [0.1, 0.15) is 11.5 Å². The average molecular weight is 445 g/mol. The normalized spacial score (nSPS) is 10.8. The lowest BCUT2D eigenvalue weighted by Gasteiger charge is -2.08. The van der Waals surface area contributed by atoms with Crippen molar-refractivity contribution in [1.29, 1.82) is 0 Å². The molecule has 6 nitrogen and oxygen atoms in total. The van der Waals surface area contributed by atoms with E-state index in [1.165, 1.54) is 11.8 Å². The number of fused-ring (bicyclic) bond motifs is 1. The second-order valence-electron chi connectivity index (χ2n) is 5.96. The fraction of sp³-hybridized carbons (Fsp3) is 0.0500. The SMILES string of the molecule is O=C(CSc1nnc2c(Cl)cc(Cl)cn12)Nc1ccc(Oc2ccccc2)cc1. The third-order valence-electron chi connectivity index (χ3n) is 3.84. The summed E-state index contributed by atoms with van der Waals surface area (Å²) in [6, 6.07) is 18.2. The summed E-state index contributed by atoms with van der Waals surface area (Å²) in [4.78, 5) is 12.3. The Hall–Kier alpha value is -2.74. The largest absolute Gasteiger partial charge is 0.457 e. The van der Waals surface area contributed by atoms with Crippen LogP contribution in [-0.4, -0.2) is 26.3 Å². The summed E-state index contributed by atoms with van der Waals surface area (Å²) in [5.74, 6) is 1.43. The van der Waals surface area contributed by atoms with Crippen LogP contribution < -0.4 is 10.1 Å². The minimum Gasteiger partial charge on any atom is -0.457 e. The molecular weight excluding hydrogens is 431 g/mol. The van der Waals surface area contributed by atoms with Crippen LogP contribution in [0.3, 0.4) is 0 Å². The van der Waals surface area contributed by atoms with E-state index in [9.17, 15) is 4.79 Å². The Morgan fingerprint density at radius 1 is 1.03 bits per heavy atom. The number of carbonyl (C=O) groups is 1. The third kappa shape index (κ3) is 4.82. The van der Waals surface area contributed by atoms with E-state index >= 15 is 0 Å². The van der Waals surface area contributed by atoms with Crippen molar-refractivity contribution in [3.8, 4) is 11.5 Å². The first-order valence-electron chi connectivity index (χ1n) is 8.54. The quantitative estimate of drug-likeness (QED) is 0.394. The van der Waals surface area contributed by atoms with Crippen molar-refractivity contribution < 1.29 is 9.53 Å². The minimum absolute atomic E-state index is 0.160. The molecule has 4 rings (SSSR count). The molecule has 2 aromatic heterocycles. The number of carbonyl (C=O) groups excluding carboxylic acids is 1. The van der Waals surface area contributed by atoms with Gasteiger partial charge in [0.2, 0.25) is 5.91 Å². The predicted octanol–water partition coefficient (Wildman–Crippen LogP) is 5.56. The maximum atomic E-state index is 12.3. The van der Waals surface area contributed by atoms with Crippen LogP contribution in [0.5, 0.6) is 11.5 Å². The molecule has 0 unspecified atom stereocenters. The zero-order valence-electron chi connectivity index (χ0n) is 14.9. The molecular formula is C20H14Cl2N4O2S. The highest BCUT2D eigenvalue weighted by Crippen LogP contribution is 2.26. The molecule has 2 aromatic carbocycles. The van der Waals surface area contributed by atoms with E-state index in [-0.39, 0.29) is 11.7 Å². The van der Waals surface area contributed by atoms with E-state index < -0.39 is 0 Å². The molecule has 1 N–H and O–H groups in total. The monoisotopic (exact) mass is 444 g/mol. The van der Waals surface area contributed by atoms with Gasteiger partial charge in [0.25, 0.3) is 0 Å². The van der Waals surface area contributed by atoms with Gasteiger partial charge in [-0.3, -0.25) is 9.20 Å². The maximum Gasteiger partial charge on any atom is 0.234 e. The lowest BCUT2D eigenvalue weighted by molar-refractivity contribution is -0.113. The fourth-order valence-corrected chi connectivity index (χ4v) is 3.78. The van der Waals surface area contributed by atoms with Gasteiger partial charge in [-0.2, -0.15) is 0 Å². The molecule has 0 saturated carbocycles. The van der Waals surface area contributed by atoms with E-state index in [1.54, 1.807) is 40.9 Å². The van der Waals surface area contributed by atoms with E-state index in [0.29, 0.717) is 32.3 Å². The van der Waals surface area contributed by atoms with Gasteiger partial charge in [0.15, 0.2) is 10.8 Å². The van der Waals surface area contributed by atoms with Crippen molar-refractivity contribution in [2.45, 2.75) is 5.16 Å². The molecule has 1 amide bonds. The van der Waals surface area contributed by atoms with Crippen molar-refractivity contribution in [2.75, 3.05) is 11.1 Å². The number of amides is 1. The lowest BCUT2D eigenvalue weighted by Crippen LogP contribution is -2.14. The van der Waals surface area contributed by atoms with Crippen LogP contribution in [0, 0.1) is 0 Å². The number of thioether (sulfide) groups is 1. The van der Waals surface area contributed by atoms with Crippen LogP contribution in [-0.2, 0) is 4.79 Å². The van der Waals surface area contributed by atoms with Crippen LogP contribution in [0.4, 0.5) is 5.69 Å². The van der Waals surface area contributed by atoms with Crippen molar-refractivity contribution >= 4 is 52.2 Å². The first-order chi connectivity index (χ1) is 14.1. The molecule has 0 aliphatic heterocycles. The molecule has 0 atom stereocenters. The van der Waals surface area contributed by atoms with Gasteiger partial charge in [-0.25, -0.2) is 0 Å². The Morgan fingerprint density at radius 2 is 1.76 bits per heavy atom. The summed E-state index contributed by atoms with van der Waals surface area (Å²) >= 11 is 13.4. The van der Waals surface area contributed by atoms with Crippen LogP contribution in [0.25, 0.3) is 5.65 Å². The number of benzene rings is 2. The second-order valence-corrected chi connectivity index (χ2v) is 7.74. The smallest absolute Gasteiger partial charge is 0.234 e. The number of ether oxygens (including phenoxy) is 1. The Bertz CT molecular complexity index is 1150. The Balaban J connectivity index is 1.35. The third-order valence-corrected chi connectivity index (χ3v) is 5.27. The van der Waals surface area contributed by atoms with Crippen LogP contribution in [0.1, 0.15) is 0 Å². The number of pyridine rings is 1. The molecule has 2 heterocycles. The number of halogens is 2. The van der Waals surface area contributed by atoms with Gasteiger partial charge < -0.3 is 10.1 Å². The average Bonchev–Trinajstić information content (AvgIpc) is 3.12. The van der Waals surface area contributed by atoms with Gasteiger partial charge in [0, 0.05) is 11.9 Å². The molecule has 0 aliphatic rings. The fourth-order valence-electron chi connectivity index (χ4n) is 2.56. The highest BCUT2D eigenvalue weighted by Gasteiger charge is 2.12. The topological polar surface area (TPSA) is 68.5 Å². The highest BCUT2D eigenvalue weighted by molar-refractivity contribution is 7.99. The summed E-state index contributed by atoms with van der Waals surface area (Å²) in [5, 5.41) is 12.3. The Kier molecular flexibility index (Phi) is 5.89. The Morgan fingerprint density at radius 3 is 2.52 bits per heavy atom. The van der Waals surface area contributed by atoms with Gasteiger partial charge >= 0.3 is 0 Å². The van der Waals surface area contributed by atoms with Gasteiger partial charge in [-0.15, -0.1) is 10.2 Å². The lowest BCUT2D eigenvalue weighted by atomic mass is 10.3. The molecule has 9 heteroatoms. The maximum absolute atomic E-state index is 12.3. The van der Waals surface area contributed by atoms with Gasteiger partial charge in [-0.1, -0.05) is 53.2 Å². The zero-order chi connectivity index (χ0) is 20.2. The summed E-state index contributed by atoms with van der Waals surface area (Å²) in [7, 11) is 0. The van der Waals surface area contributed by atoms with E-state index in [2.05, 4.69) is 15.5 Å². The number of nitrogens with one attached hydrogen (secondary N) is 1. The molecule has 0 spiro atoms. The van der Waals surface area contributed by atoms with E-state index in [4.69, 9.17) is 27.9 Å². The van der Waals surface area contributed by atoms with Crippen molar-refractivity contribution in [3.05, 3.63) is 76.9 Å². The summed E-state index contributed by atoms with van der Waals surface area (Å²) in [5.41, 5.74) is 1.17. The predicted molar refractivity (Wildman–Crippen MR) is 115 cm³/mol. The zero-order valence-corrected chi connectivity index (χ0v) is 17.2. The van der Waals surface area contributed by atoms with Gasteiger partial charge in [0.05, 0.1) is 15.8 Å². The number of anilines is 1. The first-order valence-corrected chi connectivity index (χ1v) is 10.3. The highest BCUT2D eigenvalue weighted by atomic mass is 35.5. The molecule has 0 fully saturated rings. The molecule has 0 bridgehead atoms. The molecule has 146 valence electrons. The Labute approximate surface area is 180 Å². The number of hydrogen-bond donors (Lipinski definition) is 1. The molecule has 29 heavy (non-hydrogen) atoms. The molecule has 4 aromatic rings. The first kappa shape index (κ1) is 19.6. The van der Waals surface area contributed by atoms with Gasteiger partial charge in [-0.05, 0) is 42.5 Å².